The molecule has 0 amide bonds. The maximum atomic E-state index is 6.24. The molecule has 0 radical (unpaired) electrons. The Morgan fingerprint density at radius 2 is 1.89 bits per heavy atom. The van der Waals surface area contributed by atoms with Gasteiger partial charge in [-0.15, -0.1) is 0 Å². The van der Waals surface area contributed by atoms with Gasteiger partial charge in [0.25, 0.3) is 0 Å². The topological polar surface area (TPSA) is 21.3 Å². The van der Waals surface area contributed by atoms with Crippen molar-refractivity contribution in [3.63, 3.8) is 0 Å². The Morgan fingerprint density at radius 1 is 1.16 bits per heavy atom. The first kappa shape index (κ1) is 13.0. The molecule has 0 aliphatic carbocycles. The fourth-order valence-electron chi connectivity index (χ4n) is 3.45. The van der Waals surface area contributed by atoms with Crippen molar-refractivity contribution in [3.05, 3.63) is 29.8 Å². The molecule has 2 heteroatoms. The van der Waals surface area contributed by atoms with Gasteiger partial charge in [-0.05, 0) is 49.3 Å². The highest BCUT2D eigenvalue weighted by Crippen LogP contribution is 2.29. The maximum Gasteiger partial charge on any atom is 0.120 e. The monoisotopic (exact) mass is 259 g/mol. The summed E-state index contributed by atoms with van der Waals surface area (Å²) in [4.78, 5) is 0. The Balaban J connectivity index is 1.66. The predicted octanol–water partition coefficient (Wildman–Crippen LogP) is 3.86. The second-order valence-electron chi connectivity index (χ2n) is 6.43. The van der Waals surface area contributed by atoms with Crippen molar-refractivity contribution in [1.29, 1.82) is 0 Å². The summed E-state index contributed by atoms with van der Waals surface area (Å²) in [7, 11) is 0. The van der Waals surface area contributed by atoms with Crippen LogP contribution in [0.5, 0.6) is 5.75 Å². The van der Waals surface area contributed by atoms with Crippen LogP contribution in [0.4, 0.5) is 0 Å². The number of hydrogen-bond acceptors (Lipinski definition) is 2. The molecule has 2 bridgehead atoms. The summed E-state index contributed by atoms with van der Waals surface area (Å²) in [6.45, 7) is 4.46. The van der Waals surface area contributed by atoms with E-state index in [4.69, 9.17) is 4.74 Å². The summed E-state index contributed by atoms with van der Waals surface area (Å²) in [5, 5.41) is 3.72. The van der Waals surface area contributed by atoms with Gasteiger partial charge in [0, 0.05) is 12.1 Å². The average Bonchev–Trinajstić information content (AvgIpc) is 2.38. The molecule has 0 spiro atoms. The molecular formula is C17H25NO. The molecule has 2 fully saturated rings. The highest BCUT2D eigenvalue weighted by molar-refractivity contribution is 5.30. The van der Waals surface area contributed by atoms with Crippen LogP contribution in [0.3, 0.4) is 0 Å². The van der Waals surface area contributed by atoms with Gasteiger partial charge in [-0.1, -0.05) is 32.4 Å². The first-order chi connectivity index (χ1) is 9.20. The molecule has 2 heterocycles. The molecule has 0 aromatic heterocycles. The molecule has 0 unspecified atom stereocenters. The second kappa shape index (κ2) is 5.54. The van der Waals surface area contributed by atoms with Gasteiger partial charge in [-0.3, -0.25) is 0 Å². The molecule has 1 aromatic rings. The summed E-state index contributed by atoms with van der Waals surface area (Å²) in [6.07, 6.45) is 6.77. The fourth-order valence-corrected chi connectivity index (χ4v) is 3.45. The third kappa shape index (κ3) is 3.11. The number of fused-ring (bicyclic) bond motifs is 2. The molecule has 2 aliphatic rings. The summed E-state index contributed by atoms with van der Waals surface area (Å²) in [5.74, 6) is 1.62. The number of benzene rings is 1. The highest BCUT2D eigenvalue weighted by Gasteiger charge is 2.32. The number of hydrogen-bond donors (Lipinski definition) is 1. The van der Waals surface area contributed by atoms with Crippen LogP contribution in [0.2, 0.25) is 0 Å². The zero-order chi connectivity index (χ0) is 13.2. The van der Waals surface area contributed by atoms with E-state index in [-0.39, 0.29) is 0 Å². The van der Waals surface area contributed by atoms with E-state index < -0.39 is 0 Å². The molecule has 104 valence electrons. The Labute approximate surface area is 116 Å². The number of nitrogens with one attached hydrogen (secondary N) is 1. The van der Waals surface area contributed by atoms with E-state index in [2.05, 4.69) is 43.4 Å². The molecule has 1 N–H and O–H groups in total. The second-order valence-corrected chi connectivity index (χ2v) is 6.43. The number of ether oxygens (including phenoxy) is 1. The van der Waals surface area contributed by atoms with E-state index in [0.717, 1.165) is 5.75 Å². The molecule has 2 nitrogen and oxygen atoms in total. The lowest BCUT2D eigenvalue weighted by molar-refractivity contribution is 0.0926. The van der Waals surface area contributed by atoms with E-state index in [9.17, 15) is 0 Å². The minimum atomic E-state index is 0.402. The van der Waals surface area contributed by atoms with Gasteiger partial charge in [-0.2, -0.15) is 0 Å². The molecule has 2 aliphatic heterocycles. The van der Waals surface area contributed by atoms with Crippen LogP contribution < -0.4 is 10.1 Å². The lowest BCUT2D eigenvalue weighted by Gasteiger charge is -2.40. The van der Waals surface area contributed by atoms with E-state index >= 15 is 0 Å². The zero-order valence-corrected chi connectivity index (χ0v) is 12.1. The maximum absolute atomic E-state index is 6.24. The predicted molar refractivity (Wildman–Crippen MR) is 78.7 cm³/mol. The smallest absolute Gasteiger partial charge is 0.120 e. The SMILES string of the molecule is CC(C)c1cccc(O[C@@H]2C[C@H]3CCC[C@@H](C2)N3)c1. The van der Waals surface area contributed by atoms with Crippen molar-refractivity contribution in [1.82, 2.24) is 5.32 Å². The fraction of sp³-hybridized carbons (Fsp3) is 0.647. The van der Waals surface area contributed by atoms with Gasteiger partial charge < -0.3 is 10.1 Å². The van der Waals surface area contributed by atoms with Crippen molar-refractivity contribution >= 4 is 0 Å². The van der Waals surface area contributed by atoms with Gasteiger partial charge in [0.05, 0.1) is 0 Å². The van der Waals surface area contributed by atoms with Crippen LogP contribution >= 0.6 is 0 Å². The number of piperidine rings is 2. The van der Waals surface area contributed by atoms with E-state index in [1.54, 1.807) is 0 Å². The summed E-state index contributed by atoms with van der Waals surface area (Å²) in [6, 6.07) is 9.99. The van der Waals surface area contributed by atoms with Crippen LogP contribution in [0.15, 0.2) is 24.3 Å². The third-order valence-electron chi connectivity index (χ3n) is 4.50. The summed E-state index contributed by atoms with van der Waals surface area (Å²) < 4.78 is 6.24. The van der Waals surface area contributed by atoms with Crippen LogP contribution in [0, 0.1) is 0 Å². The Bertz CT molecular complexity index is 417. The summed E-state index contributed by atoms with van der Waals surface area (Å²) >= 11 is 0. The van der Waals surface area contributed by atoms with Crippen molar-refractivity contribution in [3.8, 4) is 5.75 Å². The summed E-state index contributed by atoms with van der Waals surface area (Å²) in [5.41, 5.74) is 1.37. The first-order valence-electron chi connectivity index (χ1n) is 7.73. The average molecular weight is 259 g/mol. The normalized spacial score (nSPS) is 30.4. The van der Waals surface area contributed by atoms with E-state index in [1.165, 1.54) is 37.7 Å². The van der Waals surface area contributed by atoms with E-state index in [0.29, 0.717) is 24.1 Å². The van der Waals surface area contributed by atoms with Crippen LogP contribution in [-0.4, -0.2) is 18.2 Å². The van der Waals surface area contributed by atoms with E-state index in [1.807, 2.05) is 0 Å². The first-order valence-corrected chi connectivity index (χ1v) is 7.73. The lowest BCUT2D eigenvalue weighted by atomic mass is 9.85. The highest BCUT2D eigenvalue weighted by atomic mass is 16.5. The van der Waals surface area contributed by atoms with Gasteiger partial charge >= 0.3 is 0 Å². The molecule has 0 saturated carbocycles. The van der Waals surface area contributed by atoms with Crippen molar-refractivity contribution < 1.29 is 4.74 Å². The van der Waals surface area contributed by atoms with Gasteiger partial charge in [0.2, 0.25) is 0 Å². The Morgan fingerprint density at radius 3 is 2.58 bits per heavy atom. The van der Waals surface area contributed by atoms with Crippen molar-refractivity contribution in [2.45, 2.75) is 70.1 Å². The molecule has 3 atom stereocenters. The largest absolute Gasteiger partial charge is 0.490 e. The zero-order valence-electron chi connectivity index (χ0n) is 12.1. The van der Waals surface area contributed by atoms with Crippen LogP contribution in [0.1, 0.15) is 57.4 Å². The minimum Gasteiger partial charge on any atom is -0.490 e. The molecule has 3 rings (SSSR count). The quantitative estimate of drug-likeness (QED) is 0.890. The van der Waals surface area contributed by atoms with Crippen molar-refractivity contribution in [2.75, 3.05) is 0 Å². The lowest BCUT2D eigenvalue weighted by Crippen LogP contribution is -2.51. The van der Waals surface area contributed by atoms with Gasteiger partial charge in [0.15, 0.2) is 0 Å². The van der Waals surface area contributed by atoms with Crippen LogP contribution in [0.25, 0.3) is 0 Å². The number of rotatable bonds is 3. The standard InChI is InChI=1S/C17H25NO/c1-12(2)13-5-3-8-16(9-13)19-17-10-14-6-4-7-15(11-17)18-14/h3,5,8-9,12,14-15,17-18H,4,6-7,10-11H2,1-2H3/t14-,15+,17-. The Hall–Kier alpha value is -1.02. The van der Waals surface area contributed by atoms with Gasteiger partial charge in [-0.25, -0.2) is 0 Å². The third-order valence-corrected chi connectivity index (χ3v) is 4.50. The molecular weight excluding hydrogens is 234 g/mol. The molecule has 19 heavy (non-hydrogen) atoms. The van der Waals surface area contributed by atoms with Crippen LogP contribution in [-0.2, 0) is 0 Å². The Kier molecular flexibility index (Phi) is 3.79. The molecule has 1 aromatic carbocycles. The van der Waals surface area contributed by atoms with Crippen molar-refractivity contribution in [2.24, 2.45) is 0 Å². The molecule has 2 saturated heterocycles. The van der Waals surface area contributed by atoms with Gasteiger partial charge in [0.1, 0.15) is 11.9 Å². The minimum absolute atomic E-state index is 0.402.